The summed E-state index contributed by atoms with van der Waals surface area (Å²) in [6.07, 6.45) is 1.33. The molecule has 31 heavy (non-hydrogen) atoms. The molecule has 4 rings (SSSR count). The van der Waals surface area contributed by atoms with Crippen molar-refractivity contribution in [2.45, 2.75) is 29.6 Å². The number of anilines is 2. The molecule has 0 atom stereocenters. The van der Waals surface area contributed by atoms with Gasteiger partial charge >= 0.3 is 0 Å². The lowest BCUT2D eigenvalue weighted by Crippen LogP contribution is -2.35. The molecule has 1 aliphatic rings. The number of hydrogen-bond donors (Lipinski definition) is 1. The third kappa shape index (κ3) is 4.15. The molecule has 1 aliphatic heterocycles. The number of nitrogens with zero attached hydrogens (tertiary/aromatic N) is 1. The summed E-state index contributed by atoms with van der Waals surface area (Å²) < 4.78 is 69.4. The van der Waals surface area contributed by atoms with Crippen molar-refractivity contribution in [2.24, 2.45) is 0 Å². The highest BCUT2D eigenvalue weighted by atomic mass is 32.2. The van der Waals surface area contributed by atoms with Crippen molar-refractivity contribution in [1.82, 2.24) is 0 Å². The van der Waals surface area contributed by atoms with Gasteiger partial charge in [0.1, 0.15) is 10.7 Å². The molecular weight excluding hydrogens is 439 g/mol. The Morgan fingerprint density at radius 3 is 2.35 bits per heavy atom. The quantitative estimate of drug-likeness (QED) is 0.622. The van der Waals surface area contributed by atoms with Crippen LogP contribution in [0, 0.1) is 12.7 Å². The molecule has 0 radical (unpaired) electrons. The van der Waals surface area contributed by atoms with Crippen LogP contribution < -0.4 is 9.03 Å². The number of sulfonamides is 2. The number of fused-ring (bicyclic) bond motifs is 1. The highest BCUT2D eigenvalue weighted by molar-refractivity contribution is 7.93. The molecule has 3 aromatic rings. The third-order valence-corrected chi connectivity index (χ3v) is 8.39. The SMILES string of the molecule is Cc1ccc(S(=O)(=O)N2CCCc3ccc(NS(=O)(=O)c4ccccc4F)cc32)cc1. The van der Waals surface area contributed by atoms with Crippen LogP contribution in [0.4, 0.5) is 15.8 Å². The minimum atomic E-state index is -4.17. The van der Waals surface area contributed by atoms with Gasteiger partial charge in [-0.3, -0.25) is 9.03 Å². The number of aryl methyl sites for hydroxylation is 2. The third-order valence-electron chi connectivity index (χ3n) is 5.15. The maximum atomic E-state index is 14.0. The fourth-order valence-electron chi connectivity index (χ4n) is 3.56. The lowest BCUT2D eigenvalue weighted by Gasteiger charge is -2.31. The smallest absolute Gasteiger partial charge is 0.264 e. The lowest BCUT2D eigenvalue weighted by atomic mass is 10.0. The van der Waals surface area contributed by atoms with E-state index in [-0.39, 0.29) is 17.1 Å². The molecule has 0 bridgehead atoms. The van der Waals surface area contributed by atoms with E-state index in [0.29, 0.717) is 18.5 Å². The lowest BCUT2D eigenvalue weighted by molar-refractivity contribution is 0.570. The maximum absolute atomic E-state index is 14.0. The summed E-state index contributed by atoms with van der Waals surface area (Å²) in [5.41, 5.74) is 2.33. The van der Waals surface area contributed by atoms with Crippen molar-refractivity contribution >= 4 is 31.4 Å². The Bertz CT molecular complexity index is 1340. The zero-order chi connectivity index (χ0) is 22.2. The Morgan fingerprint density at radius 1 is 0.935 bits per heavy atom. The summed E-state index contributed by atoms with van der Waals surface area (Å²) in [4.78, 5) is -0.305. The highest BCUT2D eigenvalue weighted by Gasteiger charge is 2.30. The average molecular weight is 461 g/mol. The fraction of sp³-hybridized carbons (Fsp3) is 0.182. The van der Waals surface area contributed by atoms with Crippen LogP contribution in [0.25, 0.3) is 0 Å². The summed E-state index contributed by atoms with van der Waals surface area (Å²) >= 11 is 0. The van der Waals surface area contributed by atoms with Gasteiger partial charge in [-0.25, -0.2) is 21.2 Å². The van der Waals surface area contributed by atoms with Crippen molar-refractivity contribution in [3.63, 3.8) is 0 Å². The largest absolute Gasteiger partial charge is 0.279 e. The molecule has 3 aromatic carbocycles. The topological polar surface area (TPSA) is 83.6 Å². The van der Waals surface area contributed by atoms with E-state index in [4.69, 9.17) is 0 Å². The molecule has 6 nitrogen and oxygen atoms in total. The molecule has 162 valence electrons. The van der Waals surface area contributed by atoms with Gasteiger partial charge in [-0.15, -0.1) is 0 Å². The van der Waals surface area contributed by atoms with Crippen LogP contribution in [-0.4, -0.2) is 23.4 Å². The molecule has 0 fully saturated rings. The second-order valence-corrected chi connectivity index (χ2v) is 10.9. The Labute approximate surface area is 181 Å². The molecule has 1 N–H and O–H groups in total. The Hall–Kier alpha value is -2.91. The van der Waals surface area contributed by atoms with Crippen LogP contribution in [0.1, 0.15) is 17.5 Å². The summed E-state index contributed by atoms with van der Waals surface area (Å²) in [6.45, 7) is 2.16. The van der Waals surface area contributed by atoms with Gasteiger partial charge in [-0.1, -0.05) is 35.9 Å². The first-order chi connectivity index (χ1) is 14.7. The van der Waals surface area contributed by atoms with Crippen molar-refractivity contribution < 1.29 is 21.2 Å². The number of hydrogen-bond acceptors (Lipinski definition) is 4. The van der Waals surface area contributed by atoms with Gasteiger partial charge in [0.2, 0.25) is 0 Å². The van der Waals surface area contributed by atoms with E-state index < -0.39 is 30.8 Å². The molecule has 0 aliphatic carbocycles. The van der Waals surface area contributed by atoms with E-state index in [2.05, 4.69) is 4.72 Å². The molecular formula is C22H21FN2O4S2. The number of benzene rings is 3. The molecule has 9 heteroatoms. The predicted molar refractivity (Wildman–Crippen MR) is 118 cm³/mol. The first-order valence-electron chi connectivity index (χ1n) is 9.68. The molecule has 0 saturated carbocycles. The van der Waals surface area contributed by atoms with Crippen LogP contribution in [0.2, 0.25) is 0 Å². The Morgan fingerprint density at radius 2 is 1.65 bits per heavy atom. The van der Waals surface area contributed by atoms with Gasteiger partial charge in [0.25, 0.3) is 20.0 Å². The van der Waals surface area contributed by atoms with Gasteiger partial charge in [0.05, 0.1) is 16.3 Å². The molecule has 0 spiro atoms. The normalized spacial score (nSPS) is 14.2. The zero-order valence-corrected chi connectivity index (χ0v) is 18.4. The minimum absolute atomic E-state index is 0.160. The number of halogens is 1. The molecule has 0 saturated heterocycles. The van der Waals surface area contributed by atoms with Crippen LogP contribution in [0.5, 0.6) is 0 Å². The Kier molecular flexibility index (Phi) is 5.49. The van der Waals surface area contributed by atoms with Crippen molar-refractivity contribution in [3.05, 3.63) is 83.7 Å². The van der Waals surface area contributed by atoms with Crippen LogP contribution >= 0.6 is 0 Å². The van der Waals surface area contributed by atoms with Gasteiger partial charge in [-0.05, 0) is 61.7 Å². The van der Waals surface area contributed by atoms with Gasteiger partial charge in [-0.2, -0.15) is 0 Å². The van der Waals surface area contributed by atoms with Crippen LogP contribution in [-0.2, 0) is 26.5 Å². The second kappa shape index (κ2) is 7.97. The fourth-order valence-corrected chi connectivity index (χ4v) is 6.23. The molecule has 1 heterocycles. The van der Waals surface area contributed by atoms with E-state index in [1.165, 1.54) is 28.6 Å². The first-order valence-corrected chi connectivity index (χ1v) is 12.6. The van der Waals surface area contributed by atoms with Crippen molar-refractivity contribution in [2.75, 3.05) is 15.6 Å². The standard InChI is InChI=1S/C22H21FN2O4S2/c1-16-8-12-19(13-9-16)31(28,29)25-14-4-5-17-10-11-18(15-21(17)25)24-30(26,27)22-7-3-2-6-20(22)23/h2-3,6-13,15,24H,4-5,14H2,1H3. The van der Waals surface area contributed by atoms with E-state index >= 15 is 0 Å². The molecule has 0 amide bonds. The Balaban J connectivity index is 1.72. The maximum Gasteiger partial charge on any atom is 0.264 e. The summed E-state index contributed by atoms with van der Waals surface area (Å²) in [7, 11) is -7.99. The average Bonchev–Trinajstić information content (AvgIpc) is 2.73. The number of rotatable bonds is 5. The monoisotopic (exact) mass is 460 g/mol. The first kappa shape index (κ1) is 21.3. The second-order valence-electron chi connectivity index (χ2n) is 7.37. The molecule has 0 unspecified atom stereocenters. The van der Waals surface area contributed by atoms with Crippen LogP contribution in [0.15, 0.2) is 76.5 Å². The predicted octanol–water partition coefficient (Wildman–Crippen LogP) is 4.08. The van der Waals surface area contributed by atoms with Gasteiger partial charge in [0, 0.05) is 6.54 Å². The summed E-state index contributed by atoms with van der Waals surface area (Å²) in [5, 5.41) is 0. The van der Waals surface area contributed by atoms with Gasteiger partial charge < -0.3 is 0 Å². The highest BCUT2D eigenvalue weighted by Crippen LogP contribution is 2.35. The number of nitrogens with one attached hydrogen (secondary N) is 1. The van der Waals surface area contributed by atoms with E-state index in [0.717, 1.165) is 17.2 Å². The minimum Gasteiger partial charge on any atom is -0.279 e. The van der Waals surface area contributed by atoms with Crippen LogP contribution in [0.3, 0.4) is 0 Å². The summed E-state index contributed by atoms with van der Waals surface area (Å²) in [5.74, 6) is -0.864. The van der Waals surface area contributed by atoms with E-state index in [1.807, 2.05) is 6.92 Å². The van der Waals surface area contributed by atoms with Gasteiger partial charge in [0.15, 0.2) is 0 Å². The zero-order valence-electron chi connectivity index (χ0n) is 16.7. The van der Waals surface area contributed by atoms with E-state index in [1.54, 1.807) is 36.4 Å². The van der Waals surface area contributed by atoms with Crippen molar-refractivity contribution in [1.29, 1.82) is 0 Å². The summed E-state index contributed by atoms with van der Waals surface area (Å²) in [6, 6.07) is 16.4. The molecule has 0 aromatic heterocycles. The van der Waals surface area contributed by atoms with E-state index in [9.17, 15) is 21.2 Å². The van der Waals surface area contributed by atoms with Crippen molar-refractivity contribution in [3.8, 4) is 0 Å².